The van der Waals surface area contributed by atoms with Gasteiger partial charge in [-0.1, -0.05) is 38.3 Å². The molecule has 0 heterocycles. The average Bonchev–Trinajstić information content (AvgIpc) is 2.79. The molecule has 2 aromatic carbocycles. The highest BCUT2D eigenvalue weighted by molar-refractivity contribution is 7.89. The Morgan fingerprint density at radius 3 is 2.23 bits per heavy atom. The van der Waals surface area contributed by atoms with Crippen molar-refractivity contribution in [2.24, 2.45) is 0 Å². The molecule has 1 aliphatic carbocycles. The first-order chi connectivity index (χ1) is 14.9. The van der Waals surface area contributed by atoms with Crippen LogP contribution >= 0.6 is 0 Å². The van der Waals surface area contributed by atoms with E-state index in [1.165, 1.54) is 9.87 Å². The van der Waals surface area contributed by atoms with E-state index in [1.807, 2.05) is 31.2 Å². The number of sulfonamides is 1. The molecule has 0 bridgehead atoms. The molecule has 3 rings (SSSR count). The first-order valence-corrected chi connectivity index (χ1v) is 12.5. The van der Waals surface area contributed by atoms with Crippen molar-refractivity contribution >= 4 is 21.6 Å². The zero-order valence-electron chi connectivity index (χ0n) is 18.3. The molecule has 6 nitrogen and oxygen atoms in total. The highest BCUT2D eigenvalue weighted by atomic mass is 32.2. The zero-order valence-corrected chi connectivity index (χ0v) is 19.2. The Hall–Kier alpha value is -2.38. The maximum atomic E-state index is 13.5. The van der Waals surface area contributed by atoms with Gasteiger partial charge in [0.2, 0.25) is 15.9 Å². The first kappa shape index (κ1) is 23.3. The van der Waals surface area contributed by atoms with Crippen LogP contribution in [0.5, 0.6) is 5.75 Å². The molecule has 168 valence electrons. The molecule has 1 fully saturated rings. The summed E-state index contributed by atoms with van der Waals surface area (Å²) in [5, 5.41) is 2.85. The lowest BCUT2D eigenvalue weighted by Crippen LogP contribution is -2.45. The van der Waals surface area contributed by atoms with Crippen molar-refractivity contribution in [3.63, 3.8) is 0 Å². The van der Waals surface area contributed by atoms with Crippen molar-refractivity contribution < 1.29 is 17.9 Å². The van der Waals surface area contributed by atoms with Gasteiger partial charge in [0.1, 0.15) is 5.75 Å². The van der Waals surface area contributed by atoms with Crippen LogP contribution in [0.4, 0.5) is 5.69 Å². The first-order valence-electron chi connectivity index (χ1n) is 11.1. The van der Waals surface area contributed by atoms with Crippen molar-refractivity contribution in [2.75, 3.05) is 18.5 Å². The van der Waals surface area contributed by atoms with Gasteiger partial charge in [-0.3, -0.25) is 4.79 Å². The summed E-state index contributed by atoms with van der Waals surface area (Å²) in [7, 11) is -3.81. The van der Waals surface area contributed by atoms with Gasteiger partial charge in [0.25, 0.3) is 0 Å². The number of rotatable bonds is 9. The molecule has 0 aliphatic heterocycles. The zero-order chi connectivity index (χ0) is 22.3. The highest BCUT2D eigenvalue weighted by Gasteiger charge is 2.34. The fourth-order valence-corrected chi connectivity index (χ4v) is 5.60. The summed E-state index contributed by atoms with van der Waals surface area (Å²) < 4.78 is 33.8. The van der Waals surface area contributed by atoms with Gasteiger partial charge in [0.15, 0.2) is 0 Å². The molecule has 0 radical (unpaired) electrons. The Morgan fingerprint density at radius 2 is 1.65 bits per heavy atom. The van der Waals surface area contributed by atoms with Crippen molar-refractivity contribution in [3.8, 4) is 5.75 Å². The lowest BCUT2D eigenvalue weighted by Gasteiger charge is -2.33. The Kier molecular flexibility index (Phi) is 8.09. The molecule has 0 atom stereocenters. The molecular weight excluding hydrogens is 412 g/mol. The Bertz CT molecular complexity index is 950. The van der Waals surface area contributed by atoms with Gasteiger partial charge in [-0.25, -0.2) is 8.42 Å². The van der Waals surface area contributed by atoms with E-state index in [9.17, 15) is 13.2 Å². The molecule has 0 saturated heterocycles. The SMILES string of the molecule is CCOc1ccc(S(=O)(=O)N(CC(=O)Nc2ccc(CC)cc2)C2CCCCC2)cc1. The van der Waals surface area contributed by atoms with Gasteiger partial charge >= 0.3 is 0 Å². The van der Waals surface area contributed by atoms with Crippen molar-refractivity contribution in [2.45, 2.75) is 63.3 Å². The number of nitrogens with one attached hydrogen (secondary N) is 1. The molecule has 1 aliphatic rings. The highest BCUT2D eigenvalue weighted by Crippen LogP contribution is 2.28. The molecular formula is C24H32N2O4S. The fraction of sp³-hybridized carbons (Fsp3) is 0.458. The fourth-order valence-electron chi connectivity index (χ4n) is 3.96. The molecule has 7 heteroatoms. The molecule has 0 aromatic heterocycles. The number of nitrogens with zero attached hydrogens (tertiary/aromatic N) is 1. The Labute approximate surface area is 185 Å². The smallest absolute Gasteiger partial charge is 0.243 e. The lowest BCUT2D eigenvalue weighted by molar-refractivity contribution is -0.116. The molecule has 0 spiro atoms. The van der Waals surface area contributed by atoms with Crippen molar-refractivity contribution in [1.82, 2.24) is 4.31 Å². The number of amides is 1. The van der Waals surface area contributed by atoms with Crippen LogP contribution in [0.2, 0.25) is 0 Å². The summed E-state index contributed by atoms with van der Waals surface area (Å²) in [6, 6.07) is 13.9. The van der Waals surface area contributed by atoms with Crippen LogP contribution in [0.25, 0.3) is 0 Å². The van der Waals surface area contributed by atoms with Crippen LogP contribution in [-0.2, 0) is 21.2 Å². The maximum Gasteiger partial charge on any atom is 0.243 e. The van der Waals surface area contributed by atoms with Crippen molar-refractivity contribution in [1.29, 1.82) is 0 Å². The van der Waals surface area contributed by atoms with Crippen LogP contribution in [0.1, 0.15) is 51.5 Å². The average molecular weight is 445 g/mol. The molecule has 1 N–H and O–H groups in total. The van der Waals surface area contributed by atoms with Gasteiger partial charge in [0, 0.05) is 11.7 Å². The maximum absolute atomic E-state index is 13.5. The van der Waals surface area contributed by atoms with E-state index in [0.717, 1.165) is 38.5 Å². The van der Waals surface area contributed by atoms with E-state index in [1.54, 1.807) is 24.3 Å². The minimum absolute atomic E-state index is 0.168. The molecule has 0 unspecified atom stereocenters. The molecule has 2 aromatic rings. The third kappa shape index (κ3) is 6.08. The number of ether oxygens (including phenoxy) is 1. The second-order valence-electron chi connectivity index (χ2n) is 7.85. The summed E-state index contributed by atoms with van der Waals surface area (Å²) >= 11 is 0. The topological polar surface area (TPSA) is 75.7 Å². The van der Waals surface area contributed by atoms with E-state index < -0.39 is 10.0 Å². The minimum atomic E-state index is -3.81. The number of aryl methyl sites for hydroxylation is 1. The number of carbonyl (C=O) groups is 1. The van der Waals surface area contributed by atoms with Crippen molar-refractivity contribution in [3.05, 3.63) is 54.1 Å². The second-order valence-corrected chi connectivity index (χ2v) is 9.74. The Morgan fingerprint density at radius 1 is 1.00 bits per heavy atom. The second kappa shape index (κ2) is 10.8. The van der Waals surface area contributed by atoms with Gasteiger partial charge in [-0.05, 0) is 68.1 Å². The van der Waals surface area contributed by atoms with E-state index in [4.69, 9.17) is 4.74 Å². The predicted molar refractivity (Wildman–Crippen MR) is 123 cm³/mol. The molecule has 1 saturated carbocycles. The quantitative estimate of drug-likeness (QED) is 0.613. The van der Waals surface area contributed by atoms with E-state index >= 15 is 0 Å². The normalized spacial score (nSPS) is 15.1. The van der Waals surface area contributed by atoms with Crippen LogP contribution < -0.4 is 10.1 Å². The number of benzene rings is 2. The summed E-state index contributed by atoms with van der Waals surface area (Å²) in [6.07, 6.45) is 5.51. The summed E-state index contributed by atoms with van der Waals surface area (Å²) in [5.41, 5.74) is 1.85. The van der Waals surface area contributed by atoms with Gasteiger partial charge < -0.3 is 10.1 Å². The van der Waals surface area contributed by atoms with Crippen LogP contribution in [0, 0.1) is 0 Å². The lowest BCUT2D eigenvalue weighted by atomic mass is 9.95. The third-order valence-electron chi connectivity index (χ3n) is 5.67. The van der Waals surface area contributed by atoms with Crippen LogP contribution in [0.15, 0.2) is 53.4 Å². The van der Waals surface area contributed by atoms with Gasteiger partial charge in [-0.15, -0.1) is 0 Å². The summed E-state index contributed by atoms with van der Waals surface area (Å²) in [4.78, 5) is 13.0. The third-order valence-corrected chi connectivity index (χ3v) is 7.58. The van der Waals surface area contributed by atoms with Gasteiger partial charge in [0.05, 0.1) is 18.0 Å². The van der Waals surface area contributed by atoms with E-state index in [2.05, 4.69) is 12.2 Å². The number of anilines is 1. The van der Waals surface area contributed by atoms with E-state index in [0.29, 0.717) is 18.0 Å². The molecule has 1 amide bonds. The predicted octanol–water partition coefficient (Wildman–Crippen LogP) is 4.61. The van der Waals surface area contributed by atoms with E-state index in [-0.39, 0.29) is 23.4 Å². The van der Waals surface area contributed by atoms with Gasteiger partial charge in [-0.2, -0.15) is 4.31 Å². The number of hydrogen-bond donors (Lipinski definition) is 1. The minimum Gasteiger partial charge on any atom is -0.494 e. The van der Waals surface area contributed by atoms with Crippen LogP contribution in [-0.4, -0.2) is 37.8 Å². The number of carbonyl (C=O) groups excluding carboxylic acids is 1. The van der Waals surface area contributed by atoms with Crippen LogP contribution in [0.3, 0.4) is 0 Å². The number of hydrogen-bond acceptors (Lipinski definition) is 4. The molecule has 31 heavy (non-hydrogen) atoms. The summed E-state index contributed by atoms with van der Waals surface area (Å²) in [5.74, 6) is 0.295. The monoisotopic (exact) mass is 444 g/mol. The Balaban J connectivity index is 1.80. The standard InChI is InChI=1S/C24H32N2O4S/c1-3-19-10-12-20(13-11-19)25-24(27)18-26(21-8-6-5-7-9-21)31(28,29)23-16-14-22(15-17-23)30-4-2/h10-17,21H,3-9,18H2,1-2H3,(H,25,27). The largest absolute Gasteiger partial charge is 0.494 e. The summed E-state index contributed by atoms with van der Waals surface area (Å²) in [6.45, 7) is 4.26.